The highest BCUT2D eigenvalue weighted by molar-refractivity contribution is 7.10. The van der Waals surface area contributed by atoms with Gasteiger partial charge in [-0.3, -0.25) is 24.4 Å². The second kappa shape index (κ2) is 17.4. The Labute approximate surface area is 363 Å². The monoisotopic (exact) mass is 854 g/mol. The molecule has 2 saturated heterocycles. The highest BCUT2D eigenvalue weighted by Gasteiger charge is 2.50. The Morgan fingerprint density at radius 2 is 1.85 bits per heavy atom. The van der Waals surface area contributed by atoms with Crippen molar-refractivity contribution >= 4 is 45.7 Å². The van der Waals surface area contributed by atoms with E-state index in [-0.39, 0.29) is 42.3 Å². The zero-order chi connectivity index (χ0) is 43.3. The van der Waals surface area contributed by atoms with Crippen LogP contribution in [-0.2, 0) is 41.6 Å². The second-order valence-electron chi connectivity index (χ2n) is 18.3. The van der Waals surface area contributed by atoms with Crippen LogP contribution in [0.25, 0.3) is 33.4 Å². The molecule has 4 aromatic rings. The summed E-state index contributed by atoms with van der Waals surface area (Å²) in [6, 6.07) is 6.96. The Balaban J connectivity index is 1.28. The SMILES string of the molecule is CCn1c(-c2cc(N3CCN(C)CC3)cnc2[C@H](C)OC)c2c3cc(ccc31)-c1csc(n1)[C@@H](OC)[C@H](NC(=O)C1[C@@H](C)[C@H]1C)C(=O)N1CCC[C@H](N1)C(=O)OCC(C)(C)C2. The van der Waals surface area contributed by atoms with E-state index in [1.807, 2.05) is 32.3 Å². The molecule has 3 aliphatic heterocycles. The van der Waals surface area contributed by atoms with Gasteiger partial charge in [0.15, 0.2) is 0 Å². The Morgan fingerprint density at radius 1 is 1.10 bits per heavy atom. The number of hydrogen-bond acceptors (Lipinski definition) is 12. The molecule has 0 spiro atoms. The normalized spacial score (nSPS) is 26.5. The lowest BCUT2D eigenvalue weighted by Crippen LogP contribution is -2.61. The first-order valence-electron chi connectivity index (χ1n) is 21.9. The molecule has 6 heterocycles. The number of cyclic esters (lactones) is 1. The molecule has 61 heavy (non-hydrogen) atoms. The van der Waals surface area contributed by atoms with Crippen molar-refractivity contribution in [1.82, 2.24) is 35.2 Å². The number of hydrogen-bond donors (Lipinski definition) is 2. The Kier molecular flexibility index (Phi) is 12.3. The van der Waals surface area contributed by atoms with Crippen LogP contribution in [0.1, 0.15) is 82.9 Å². The Hall–Kier alpha value is -4.41. The fourth-order valence-corrected chi connectivity index (χ4v) is 10.4. The second-order valence-corrected chi connectivity index (χ2v) is 19.2. The van der Waals surface area contributed by atoms with Gasteiger partial charge in [0.1, 0.15) is 23.2 Å². The predicted octanol–water partition coefficient (Wildman–Crippen LogP) is 6.00. The molecule has 328 valence electrons. The lowest BCUT2D eigenvalue weighted by molar-refractivity contribution is -0.156. The number of nitrogens with zero attached hydrogens (tertiary/aromatic N) is 6. The zero-order valence-electron chi connectivity index (χ0n) is 37.1. The number of aryl methyl sites for hydroxylation is 1. The van der Waals surface area contributed by atoms with Gasteiger partial charge in [-0.15, -0.1) is 11.3 Å². The summed E-state index contributed by atoms with van der Waals surface area (Å²) in [5.74, 6) is -0.743. The molecule has 15 heteroatoms. The average Bonchev–Trinajstić information content (AvgIpc) is 3.53. The van der Waals surface area contributed by atoms with Crippen molar-refractivity contribution in [3.8, 4) is 22.5 Å². The molecule has 8 rings (SSSR count). The van der Waals surface area contributed by atoms with Crippen molar-refractivity contribution < 1.29 is 28.6 Å². The van der Waals surface area contributed by atoms with Gasteiger partial charge in [-0.25, -0.2) is 10.4 Å². The van der Waals surface area contributed by atoms with Crippen LogP contribution in [0, 0.1) is 23.2 Å². The zero-order valence-corrected chi connectivity index (χ0v) is 37.9. The molecule has 1 saturated carbocycles. The molecule has 7 atom stereocenters. The summed E-state index contributed by atoms with van der Waals surface area (Å²) in [5.41, 5.74) is 10.6. The highest BCUT2D eigenvalue weighted by Crippen LogP contribution is 2.46. The minimum atomic E-state index is -1.08. The van der Waals surface area contributed by atoms with Gasteiger partial charge in [-0.05, 0) is 75.8 Å². The van der Waals surface area contributed by atoms with Crippen molar-refractivity contribution in [1.29, 1.82) is 0 Å². The van der Waals surface area contributed by atoms with Gasteiger partial charge >= 0.3 is 5.97 Å². The van der Waals surface area contributed by atoms with E-state index >= 15 is 0 Å². The van der Waals surface area contributed by atoms with Crippen molar-refractivity contribution in [3.63, 3.8) is 0 Å². The Morgan fingerprint density at radius 3 is 2.54 bits per heavy atom. The standard InChI is InChI=1S/C46H62N8O6S/c1-10-53-36-14-13-29-20-31(36)33(40(53)32-21-30(23-47-38(32)28(4)58-8)52-18-16-51(7)17-19-52)22-46(5,6)25-60-45(57)34-12-11-15-54(50-34)44(56)39(49-42(55)37-26(2)27(37)3)41(59-9)43-48-35(29)24-61-43/h13-14,20-21,23-24,26-28,34,37,39,41,50H,10-12,15-19,22,25H2,1-9H3,(H,49,55)/t26-,27+,28-,34-,37?,39-,41-/m0/s1. The lowest BCUT2D eigenvalue weighted by atomic mass is 9.84. The maximum atomic E-state index is 14.5. The van der Waals surface area contributed by atoms with Crippen molar-refractivity contribution in [2.75, 3.05) is 65.5 Å². The summed E-state index contributed by atoms with van der Waals surface area (Å²) in [6.07, 6.45) is 2.53. The van der Waals surface area contributed by atoms with E-state index in [1.165, 1.54) is 23.5 Å². The number of aromatic nitrogens is 3. The number of ether oxygens (including phenoxy) is 3. The van der Waals surface area contributed by atoms with E-state index in [0.717, 1.165) is 76.5 Å². The van der Waals surface area contributed by atoms with Gasteiger partial charge < -0.3 is 33.9 Å². The summed E-state index contributed by atoms with van der Waals surface area (Å²) >= 11 is 1.40. The number of anilines is 1. The van der Waals surface area contributed by atoms with Gasteiger partial charge in [0, 0.05) is 92.2 Å². The van der Waals surface area contributed by atoms with Gasteiger partial charge in [0.25, 0.3) is 5.91 Å². The number of methoxy groups -OCH3 is 2. The number of rotatable bonds is 8. The number of carbonyl (C=O) groups excluding carboxylic acids is 3. The maximum absolute atomic E-state index is 14.5. The van der Waals surface area contributed by atoms with Crippen LogP contribution in [0.15, 0.2) is 35.8 Å². The molecule has 6 bridgehead atoms. The number of pyridine rings is 1. The van der Waals surface area contributed by atoms with Crippen LogP contribution in [-0.4, -0.2) is 115 Å². The summed E-state index contributed by atoms with van der Waals surface area (Å²) in [5, 5.41) is 8.16. The number of esters is 1. The fraction of sp³-hybridized carbons (Fsp3) is 0.587. The molecule has 1 aromatic carbocycles. The number of fused-ring (bicyclic) bond motifs is 6. The molecular weight excluding hydrogens is 793 g/mol. The smallest absolute Gasteiger partial charge is 0.324 e. The number of nitrogens with one attached hydrogen (secondary N) is 2. The fourth-order valence-electron chi connectivity index (χ4n) is 9.49. The third-order valence-corrected chi connectivity index (χ3v) is 14.5. The molecule has 2 amide bonds. The van der Waals surface area contributed by atoms with Gasteiger partial charge in [0.2, 0.25) is 5.91 Å². The first-order valence-corrected chi connectivity index (χ1v) is 22.8. The number of amides is 2. The Bertz CT molecular complexity index is 2270. The van der Waals surface area contributed by atoms with Gasteiger partial charge in [-0.1, -0.05) is 33.8 Å². The van der Waals surface area contributed by atoms with Crippen molar-refractivity contribution in [2.24, 2.45) is 23.2 Å². The van der Waals surface area contributed by atoms with Crippen molar-refractivity contribution in [3.05, 3.63) is 52.1 Å². The first kappa shape index (κ1) is 43.2. The molecule has 4 aliphatic rings. The molecule has 1 aliphatic carbocycles. The van der Waals surface area contributed by atoms with E-state index in [9.17, 15) is 14.4 Å². The van der Waals surface area contributed by atoms with E-state index in [2.05, 4.69) is 77.2 Å². The number of thiazole rings is 1. The van der Waals surface area contributed by atoms with Crippen LogP contribution in [0.4, 0.5) is 5.69 Å². The topological polar surface area (TPSA) is 143 Å². The van der Waals surface area contributed by atoms with Gasteiger partial charge in [0.05, 0.1) is 41.7 Å². The largest absolute Gasteiger partial charge is 0.464 e. The number of benzene rings is 1. The van der Waals surface area contributed by atoms with E-state index in [0.29, 0.717) is 37.4 Å². The molecule has 2 N–H and O–H groups in total. The third-order valence-electron chi connectivity index (χ3n) is 13.6. The minimum absolute atomic E-state index is 0.161. The van der Waals surface area contributed by atoms with Crippen molar-refractivity contribution in [2.45, 2.75) is 91.6 Å². The average molecular weight is 855 g/mol. The molecular formula is C46H62N8O6S. The molecule has 0 radical (unpaired) electrons. The number of hydrazine groups is 1. The predicted molar refractivity (Wildman–Crippen MR) is 237 cm³/mol. The van der Waals surface area contributed by atoms with Crippen LogP contribution >= 0.6 is 11.3 Å². The van der Waals surface area contributed by atoms with Crippen LogP contribution in [0.2, 0.25) is 0 Å². The summed E-state index contributed by atoms with van der Waals surface area (Å²) < 4.78 is 20.6. The summed E-state index contributed by atoms with van der Waals surface area (Å²) in [4.78, 5) is 57.1. The maximum Gasteiger partial charge on any atom is 0.324 e. The number of carbonyl (C=O) groups is 3. The number of piperazine rings is 1. The third kappa shape index (κ3) is 8.43. The van der Waals surface area contributed by atoms with Crippen LogP contribution in [0.5, 0.6) is 0 Å². The molecule has 3 fully saturated rings. The van der Waals surface area contributed by atoms with E-state index < -0.39 is 29.6 Å². The first-order chi connectivity index (χ1) is 29.2. The minimum Gasteiger partial charge on any atom is -0.464 e. The van der Waals surface area contributed by atoms with Crippen LogP contribution < -0.4 is 15.6 Å². The lowest BCUT2D eigenvalue weighted by Gasteiger charge is -2.36. The summed E-state index contributed by atoms with van der Waals surface area (Å²) in [6.45, 7) is 17.6. The van der Waals surface area contributed by atoms with Crippen LogP contribution in [0.3, 0.4) is 0 Å². The highest BCUT2D eigenvalue weighted by atomic mass is 32.1. The number of likely N-dealkylation sites (N-methyl/N-ethyl adjacent to an activating group) is 1. The molecule has 3 aromatic heterocycles. The molecule has 14 nitrogen and oxygen atoms in total. The van der Waals surface area contributed by atoms with E-state index in [4.69, 9.17) is 24.2 Å². The molecule has 1 unspecified atom stereocenters. The van der Waals surface area contributed by atoms with E-state index in [1.54, 1.807) is 7.11 Å². The summed E-state index contributed by atoms with van der Waals surface area (Å²) in [7, 11) is 5.42. The van der Waals surface area contributed by atoms with Gasteiger partial charge in [-0.2, -0.15) is 0 Å². The quantitative estimate of drug-likeness (QED) is 0.202.